The molecule has 278 valence electrons. The Bertz CT molecular complexity index is 3520. The molecule has 0 fully saturated rings. The Labute approximate surface area is 343 Å². The third kappa shape index (κ3) is 4.93. The Balaban J connectivity index is 1.19. The van der Waals surface area contributed by atoms with Crippen LogP contribution in [0.3, 0.4) is 0 Å². The van der Waals surface area contributed by atoms with Gasteiger partial charge in [-0.15, -0.1) is 0 Å². The van der Waals surface area contributed by atoms with Gasteiger partial charge in [-0.3, -0.25) is 0 Å². The number of para-hydroxylation sites is 2. The summed E-state index contributed by atoms with van der Waals surface area (Å²) in [4.78, 5) is 2.49. The molecule has 2 heterocycles. The van der Waals surface area contributed by atoms with Crippen LogP contribution in [-0.2, 0) is 5.41 Å². The molecular formula is C57H40N2. The van der Waals surface area contributed by atoms with E-state index in [1.807, 2.05) is 0 Å². The summed E-state index contributed by atoms with van der Waals surface area (Å²) in [7, 11) is 0. The van der Waals surface area contributed by atoms with Gasteiger partial charge in [0.25, 0.3) is 0 Å². The summed E-state index contributed by atoms with van der Waals surface area (Å²) in [6, 6.07) is 76.3. The average molecular weight is 753 g/mol. The first-order valence-electron chi connectivity index (χ1n) is 20.6. The SMILES string of the molecule is CC1(C)c2ccccc2-c2c(N(c3ccc(-c4ccccc4)cc3)c3ccc4c(c3)c3cccc5c6ccccc6c6ccccc6c6ccccc6n4c53)cccc21. The van der Waals surface area contributed by atoms with Crippen molar-refractivity contribution in [3.63, 3.8) is 0 Å². The van der Waals surface area contributed by atoms with Crippen LogP contribution in [0.4, 0.5) is 17.1 Å². The van der Waals surface area contributed by atoms with Crippen LogP contribution in [0.2, 0.25) is 0 Å². The predicted molar refractivity (Wildman–Crippen MR) is 251 cm³/mol. The van der Waals surface area contributed by atoms with Gasteiger partial charge in [-0.1, -0.05) is 178 Å². The highest BCUT2D eigenvalue weighted by Gasteiger charge is 2.37. The van der Waals surface area contributed by atoms with Gasteiger partial charge >= 0.3 is 0 Å². The van der Waals surface area contributed by atoms with E-state index in [0.29, 0.717) is 0 Å². The second-order valence-electron chi connectivity index (χ2n) is 16.5. The zero-order chi connectivity index (χ0) is 39.2. The third-order valence-electron chi connectivity index (χ3n) is 13.0. The molecule has 0 radical (unpaired) electrons. The van der Waals surface area contributed by atoms with E-state index in [4.69, 9.17) is 0 Å². The highest BCUT2D eigenvalue weighted by atomic mass is 15.1. The standard InChI is InChI=1S/C57H40N2/c1-57(2)50-26-12-10-23-48(50)55-51(57)27-15-29-54(55)58(39-32-30-38(31-33-39)37-16-4-3-5-17-37)40-34-35-53-49(36-40)47-25-14-24-46-44-21-9-7-19-42(44)41-18-6-8-20-43(41)45-22-11-13-28-52(45)59(53)56(46)47/h3-36H,1-2H3. The molecule has 0 unspecified atom stereocenters. The fraction of sp³-hybridized carbons (Fsp3) is 0.0526. The van der Waals surface area contributed by atoms with Crippen LogP contribution in [0.15, 0.2) is 206 Å². The second-order valence-corrected chi connectivity index (χ2v) is 16.5. The lowest BCUT2D eigenvalue weighted by molar-refractivity contribution is 0.660. The van der Waals surface area contributed by atoms with Gasteiger partial charge in [-0.2, -0.15) is 0 Å². The summed E-state index contributed by atoms with van der Waals surface area (Å²) in [5.74, 6) is 0. The molecule has 0 amide bonds. The lowest BCUT2D eigenvalue weighted by atomic mass is 9.82. The fourth-order valence-electron chi connectivity index (χ4n) is 10.2. The van der Waals surface area contributed by atoms with Crippen molar-refractivity contribution in [2.24, 2.45) is 0 Å². The summed E-state index contributed by atoms with van der Waals surface area (Å²) in [5, 5.41) is 9.88. The van der Waals surface area contributed by atoms with E-state index in [9.17, 15) is 0 Å². The Morgan fingerprint density at radius 1 is 0.373 bits per heavy atom. The lowest BCUT2D eigenvalue weighted by Gasteiger charge is -2.29. The molecule has 2 aromatic heterocycles. The summed E-state index contributed by atoms with van der Waals surface area (Å²) in [5.41, 5.74) is 14.6. The van der Waals surface area contributed by atoms with Crippen LogP contribution < -0.4 is 4.90 Å². The number of rotatable bonds is 4. The minimum Gasteiger partial charge on any atom is -0.310 e. The minimum absolute atomic E-state index is 0.119. The zero-order valence-corrected chi connectivity index (χ0v) is 33.0. The van der Waals surface area contributed by atoms with Crippen LogP contribution >= 0.6 is 0 Å². The van der Waals surface area contributed by atoms with Crippen molar-refractivity contribution < 1.29 is 0 Å². The maximum Gasteiger partial charge on any atom is 0.0619 e. The molecule has 9 aromatic carbocycles. The molecule has 12 rings (SSSR count). The number of hydrogen-bond acceptors (Lipinski definition) is 1. The fourth-order valence-corrected chi connectivity index (χ4v) is 10.2. The highest BCUT2D eigenvalue weighted by molar-refractivity contribution is 6.25. The van der Waals surface area contributed by atoms with E-state index >= 15 is 0 Å². The van der Waals surface area contributed by atoms with Gasteiger partial charge < -0.3 is 9.30 Å². The van der Waals surface area contributed by atoms with E-state index in [0.717, 1.165) is 11.4 Å². The van der Waals surface area contributed by atoms with Gasteiger partial charge in [0, 0.05) is 43.9 Å². The minimum atomic E-state index is -0.119. The van der Waals surface area contributed by atoms with Gasteiger partial charge in [0.05, 0.1) is 22.2 Å². The largest absolute Gasteiger partial charge is 0.310 e. The van der Waals surface area contributed by atoms with E-state index in [2.05, 4.69) is 229 Å². The third-order valence-corrected chi connectivity index (χ3v) is 13.0. The lowest BCUT2D eigenvalue weighted by Crippen LogP contribution is -2.16. The first-order valence-corrected chi connectivity index (χ1v) is 20.6. The molecule has 2 heteroatoms. The Hall–Kier alpha value is -7.42. The zero-order valence-electron chi connectivity index (χ0n) is 33.0. The molecule has 0 N–H and O–H groups in total. The number of anilines is 3. The van der Waals surface area contributed by atoms with Crippen LogP contribution in [0.1, 0.15) is 25.0 Å². The first kappa shape index (κ1) is 33.7. The maximum atomic E-state index is 2.52. The van der Waals surface area contributed by atoms with Gasteiger partial charge in [-0.25, -0.2) is 0 Å². The van der Waals surface area contributed by atoms with Crippen molar-refractivity contribution in [3.8, 4) is 22.3 Å². The number of aromatic nitrogens is 1. The van der Waals surface area contributed by atoms with Crippen molar-refractivity contribution in [2.45, 2.75) is 19.3 Å². The molecule has 0 spiro atoms. The molecule has 0 saturated carbocycles. The van der Waals surface area contributed by atoms with Crippen LogP contribution in [-0.4, -0.2) is 4.40 Å². The highest BCUT2D eigenvalue weighted by Crippen LogP contribution is 2.54. The summed E-state index contributed by atoms with van der Waals surface area (Å²) >= 11 is 0. The van der Waals surface area contributed by atoms with E-state index in [1.54, 1.807) is 0 Å². The topological polar surface area (TPSA) is 7.65 Å². The van der Waals surface area contributed by atoms with Gasteiger partial charge in [0.1, 0.15) is 0 Å². The van der Waals surface area contributed by atoms with Crippen LogP contribution in [0.25, 0.3) is 81.9 Å². The summed E-state index contributed by atoms with van der Waals surface area (Å²) < 4.78 is 2.52. The van der Waals surface area contributed by atoms with Crippen LogP contribution in [0.5, 0.6) is 0 Å². The maximum absolute atomic E-state index is 2.52. The second kappa shape index (κ2) is 12.8. The molecule has 0 saturated heterocycles. The van der Waals surface area contributed by atoms with Gasteiger partial charge in [0.2, 0.25) is 0 Å². The molecule has 0 bridgehead atoms. The first-order chi connectivity index (χ1) is 29.1. The molecule has 1 aliphatic rings. The smallest absolute Gasteiger partial charge is 0.0619 e. The van der Waals surface area contributed by atoms with Crippen molar-refractivity contribution in [1.29, 1.82) is 0 Å². The van der Waals surface area contributed by atoms with Crippen molar-refractivity contribution in [1.82, 2.24) is 4.40 Å². The monoisotopic (exact) mass is 752 g/mol. The van der Waals surface area contributed by atoms with Crippen LogP contribution in [0, 0.1) is 0 Å². The number of hydrogen-bond donors (Lipinski definition) is 0. The average Bonchev–Trinajstić information content (AvgIpc) is 3.76. The Kier molecular flexibility index (Phi) is 7.31. The van der Waals surface area contributed by atoms with Gasteiger partial charge in [0.15, 0.2) is 0 Å². The molecule has 11 aromatic rings. The Morgan fingerprint density at radius 3 is 1.63 bits per heavy atom. The number of nitrogens with zero attached hydrogens (tertiary/aromatic N) is 2. The van der Waals surface area contributed by atoms with Crippen molar-refractivity contribution in [2.75, 3.05) is 4.90 Å². The predicted octanol–water partition coefficient (Wildman–Crippen LogP) is 15.7. The van der Waals surface area contributed by atoms with Gasteiger partial charge in [-0.05, 0) is 91.8 Å². The molecular weight excluding hydrogens is 713 g/mol. The molecule has 2 nitrogen and oxygen atoms in total. The molecule has 1 aliphatic carbocycles. The normalized spacial score (nSPS) is 13.1. The molecule has 0 aliphatic heterocycles. The summed E-state index contributed by atoms with van der Waals surface area (Å²) in [6.07, 6.45) is 0. The molecule has 59 heavy (non-hydrogen) atoms. The molecule has 0 atom stereocenters. The van der Waals surface area contributed by atoms with Crippen molar-refractivity contribution in [3.05, 3.63) is 217 Å². The summed E-state index contributed by atoms with van der Waals surface area (Å²) in [6.45, 7) is 4.73. The van der Waals surface area contributed by atoms with E-state index in [1.165, 1.54) is 98.7 Å². The van der Waals surface area contributed by atoms with Crippen molar-refractivity contribution >= 4 is 76.7 Å². The van der Waals surface area contributed by atoms with E-state index < -0.39 is 0 Å². The number of benzene rings is 9. The number of fused-ring (bicyclic) bond motifs is 13. The van der Waals surface area contributed by atoms with E-state index in [-0.39, 0.29) is 5.41 Å². The quantitative estimate of drug-likeness (QED) is 0.174. The Morgan fingerprint density at radius 2 is 0.881 bits per heavy atom.